The molecule has 1 aromatic heterocycles. The number of benzene rings is 2. The van der Waals surface area contributed by atoms with E-state index in [9.17, 15) is 0 Å². The zero-order valence-electron chi connectivity index (χ0n) is 17.6. The second-order valence-electron chi connectivity index (χ2n) is 8.26. The monoisotopic (exact) mass is 343 g/mol. The van der Waals surface area contributed by atoms with E-state index in [0.29, 0.717) is 0 Å². The molecule has 0 aliphatic heterocycles. The Morgan fingerprint density at radius 1 is 0.962 bits per heavy atom. The number of hydrogen-bond acceptors (Lipinski definition) is 0. The molecule has 4 rings (SSSR count). The summed E-state index contributed by atoms with van der Waals surface area (Å²) < 4.78 is 10.9. The number of hydrogen-bond donors (Lipinski definition) is 0. The Kier molecular flexibility index (Phi) is 3.53. The molecule has 2 aromatic carbocycles. The van der Waals surface area contributed by atoms with Gasteiger partial charge in [0.15, 0.2) is 6.20 Å². The van der Waals surface area contributed by atoms with Crippen molar-refractivity contribution in [3.05, 3.63) is 77.0 Å². The molecule has 0 bridgehead atoms. The van der Waals surface area contributed by atoms with E-state index < -0.39 is 5.89 Å². The molecule has 1 nitrogen and oxygen atoms in total. The smallest absolute Gasteiger partial charge is 0.201 e. The first-order valence-corrected chi connectivity index (χ1v) is 9.37. The van der Waals surface area contributed by atoms with Crippen LogP contribution in [0.4, 0.5) is 0 Å². The zero-order valence-corrected chi connectivity index (χ0v) is 16.6. The van der Waals surface area contributed by atoms with Crippen molar-refractivity contribution in [2.75, 3.05) is 0 Å². The van der Waals surface area contributed by atoms with Crippen LogP contribution in [0.1, 0.15) is 57.2 Å². The van der Waals surface area contributed by atoms with Gasteiger partial charge >= 0.3 is 0 Å². The average Bonchev–Trinajstić information content (AvgIpc) is 2.81. The third-order valence-electron chi connectivity index (χ3n) is 5.89. The van der Waals surface area contributed by atoms with Gasteiger partial charge in [-0.1, -0.05) is 52.0 Å². The molecule has 1 heteroatoms. The summed E-state index contributed by atoms with van der Waals surface area (Å²) in [6, 6.07) is 17.5. The Balaban J connectivity index is 2.01. The van der Waals surface area contributed by atoms with E-state index in [1.54, 1.807) is 0 Å². The van der Waals surface area contributed by atoms with Gasteiger partial charge in [0, 0.05) is 24.5 Å². The number of aryl methyl sites for hydroxylation is 2. The van der Waals surface area contributed by atoms with E-state index in [0.717, 1.165) is 5.56 Å². The third kappa shape index (κ3) is 2.34. The van der Waals surface area contributed by atoms with Gasteiger partial charge in [-0.2, -0.15) is 0 Å². The number of aromatic nitrogens is 1. The van der Waals surface area contributed by atoms with Gasteiger partial charge in [0.05, 0.1) is 0 Å². The van der Waals surface area contributed by atoms with Crippen LogP contribution in [-0.4, -0.2) is 0 Å². The first-order valence-electron chi connectivity index (χ1n) is 9.87. The Bertz CT molecular complexity index is 1050. The summed E-state index contributed by atoms with van der Waals surface area (Å²) in [6.07, 6.45) is 2.10. The van der Waals surface area contributed by atoms with Crippen molar-refractivity contribution in [2.45, 2.75) is 45.9 Å². The molecule has 0 unspecified atom stereocenters. The number of fused-ring (bicyclic) bond motifs is 3. The lowest BCUT2D eigenvalue weighted by molar-refractivity contribution is -0.660. The zero-order chi connectivity index (χ0) is 19.6. The lowest BCUT2D eigenvalue weighted by atomic mass is 9.77. The number of rotatable bonds is 2. The summed E-state index contributed by atoms with van der Waals surface area (Å²) in [7, 11) is 2.10. The summed E-state index contributed by atoms with van der Waals surface area (Å²) in [6.45, 7) is 10.8. The summed E-state index contributed by atoms with van der Waals surface area (Å²) >= 11 is 0. The van der Waals surface area contributed by atoms with Crippen LogP contribution in [0.5, 0.6) is 0 Å². The van der Waals surface area contributed by atoms with Crippen molar-refractivity contribution in [3.63, 3.8) is 0 Å². The average molecular weight is 344 g/mol. The van der Waals surface area contributed by atoms with Crippen LogP contribution in [0.2, 0.25) is 0 Å². The molecular formula is C25H28N+. The van der Waals surface area contributed by atoms with Crippen molar-refractivity contribution in [3.8, 4) is 22.4 Å². The Labute approximate surface area is 158 Å². The maximum atomic E-state index is 8.67. The van der Waals surface area contributed by atoms with E-state index in [4.69, 9.17) is 1.37 Å². The molecule has 1 aliphatic carbocycles. The quantitative estimate of drug-likeness (QED) is 0.509. The highest BCUT2D eigenvalue weighted by Gasteiger charge is 2.38. The molecule has 0 N–H and O–H groups in total. The first kappa shape index (κ1) is 15.8. The second kappa shape index (κ2) is 5.81. The van der Waals surface area contributed by atoms with E-state index >= 15 is 0 Å². The van der Waals surface area contributed by atoms with Gasteiger partial charge in [-0.25, -0.2) is 4.57 Å². The van der Waals surface area contributed by atoms with E-state index in [2.05, 4.69) is 87.1 Å². The van der Waals surface area contributed by atoms with E-state index in [-0.39, 0.29) is 5.41 Å². The topological polar surface area (TPSA) is 3.88 Å². The third-order valence-corrected chi connectivity index (χ3v) is 5.89. The first-order chi connectivity index (χ1) is 12.6. The van der Waals surface area contributed by atoms with Crippen LogP contribution in [0.25, 0.3) is 22.4 Å². The molecule has 0 saturated heterocycles. The van der Waals surface area contributed by atoms with Crippen LogP contribution in [-0.2, 0) is 12.5 Å². The summed E-state index contributed by atoms with van der Waals surface area (Å²) in [4.78, 5) is 0. The molecular weight excluding hydrogens is 314 g/mol. The minimum Gasteiger partial charge on any atom is -0.201 e. The van der Waals surface area contributed by atoms with Crippen LogP contribution in [0.15, 0.2) is 54.7 Å². The molecule has 0 saturated carbocycles. The summed E-state index contributed by atoms with van der Waals surface area (Å²) in [5, 5.41) is 0. The highest BCUT2D eigenvalue weighted by molar-refractivity contribution is 5.85. The molecule has 1 heterocycles. The number of nitrogens with zero attached hydrogens (tertiary/aromatic N) is 1. The van der Waals surface area contributed by atoms with E-state index in [1.807, 2.05) is 13.8 Å². The van der Waals surface area contributed by atoms with Crippen LogP contribution in [0.3, 0.4) is 0 Å². The van der Waals surface area contributed by atoms with Gasteiger partial charge in [-0.15, -0.1) is 0 Å². The fourth-order valence-electron chi connectivity index (χ4n) is 4.53. The largest absolute Gasteiger partial charge is 0.212 e. The molecule has 0 fully saturated rings. The molecule has 3 aromatic rings. The van der Waals surface area contributed by atoms with Crippen molar-refractivity contribution in [1.82, 2.24) is 0 Å². The van der Waals surface area contributed by atoms with Gasteiger partial charge in [0.25, 0.3) is 0 Å². The standard InChI is InChI=1S/C25H28N/c1-16(2)18-10-9-11-19-21-14-17(3)20(23-12-7-8-13-26(23)6)15-22(21)25(4,5)24(18)19/h7-16H,1-6H3/q+1/i16D. The molecule has 26 heavy (non-hydrogen) atoms. The highest BCUT2D eigenvalue weighted by atomic mass is 14.9. The normalized spacial score (nSPS) is 15.4. The Morgan fingerprint density at radius 2 is 1.73 bits per heavy atom. The second-order valence-corrected chi connectivity index (χ2v) is 8.26. The van der Waals surface area contributed by atoms with Gasteiger partial charge in [-0.3, -0.25) is 0 Å². The van der Waals surface area contributed by atoms with Gasteiger partial charge in [0.2, 0.25) is 5.69 Å². The molecule has 132 valence electrons. The maximum absolute atomic E-state index is 8.67. The summed E-state index contributed by atoms with van der Waals surface area (Å²) in [5.74, 6) is -0.617. The van der Waals surface area contributed by atoms with Crippen molar-refractivity contribution < 1.29 is 5.94 Å². The maximum Gasteiger partial charge on any atom is 0.212 e. The molecule has 1 aliphatic rings. The molecule has 0 radical (unpaired) electrons. The molecule has 0 spiro atoms. The minimum atomic E-state index is -0.617. The number of pyridine rings is 1. The van der Waals surface area contributed by atoms with Crippen LogP contribution >= 0.6 is 0 Å². The minimum absolute atomic E-state index is 0.116. The van der Waals surface area contributed by atoms with Crippen molar-refractivity contribution >= 4 is 0 Å². The van der Waals surface area contributed by atoms with Crippen LogP contribution < -0.4 is 4.57 Å². The Morgan fingerprint density at radius 3 is 2.42 bits per heavy atom. The molecule has 0 amide bonds. The van der Waals surface area contributed by atoms with Gasteiger partial charge in [-0.05, 0) is 58.3 Å². The highest BCUT2D eigenvalue weighted by Crippen LogP contribution is 2.52. The van der Waals surface area contributed by atoms with Crippen molar-refractivity contribution in [2.24, 2.45) is 7.05 Å². The lowest BCUT2D eigenvalue weighted by Crippen LogP contribution is -2.30. The molecule has 0 atom stereocenters. The van der Waals surface area contributed by atoms with Crippen LogP contribution in [0, 0.1) is 6.92 Å². The fourth-order valence-corrected chi connectivity index (χ4v) is 4.53. The van der Waals surface area contributed by atoms with Crippen molar-refractivity contribution in [1.29, 1.82) is 0 Å². The van der Waals surface area contributed by atoms with E-state index in [1.165, 1.54) is 39.1 Å². The summed E-state index contributed by atoms with van der Waals surface area (Å²) in [5.41, 5.74) is 10.1. The van der Waals surface area contributed by atoms with Gasteiger partial charge < -0.3 is 0 Å². The predicted octanol–water partition coefficient (Wildman–Crippen LogP) is 5.92. The fraction of sp³-hybridized carbons (Fsp3) is 0.320. The van der Waals surface area contributed by atoms with Gasteiger partial charge in [0.1, 0.15) is 7.05 Å². The SMILES string of the molecule is [2H]C(C)(C)c1cccc2c1C(C)(C)c1cc(-c3cccc[n+]3C)c(C)cc1-2. The Hall–Kier alpha value is -2.41. The lowest BCUT2D eigenvalue weighted by Gasteiger charge is -2.26. The predicted molar refractivity (Wildman–Crippen MR) is 109 cm³/mol.